The van der Waals surface area contributed by atoms with Crippen LogP contribution in [-0.4, -0.2) is 28.2 Å². The van der Waals surface area contributed by atoms with Crippen LogP contribution in [0.2, 0.25) is 0 Å². The van der Waals surface area contributed by atoms with Gasteiger partial charge in [-0.2, -0.15) is 0 Å². The van der Waals surface area contributed by atoms with E-state index in [-0.39, 0.29) is 0 Å². The van der Waals surface area contributed by atoms with E-state index in [4.69, 9.17) is 9.97 Å². The van der Waals surface area contributed by atoms with Crippen molar-refractivity contribution in [1.29, 1.82) is 0 Å². The molecule has 0 saturated heterocycles. The van der Waals surface area contributed by atoms with Crippen molar-refractivity contribution in [2.24, 2.45) is 0 Å². The van der Waals surface area contributed by atoms with E-state index in [1.54, 1.807) is 0 Å². The van der Waals surface area contributed by atoms with Gasteiger partial charge >= 0.3 is 0 Å². The van der Waals surface area contributed by atoms with Gasteiger partial charge in [0.25, 0.3) is 0 Å². The standard InChI is InChI=1S/C59H39N3.C51H33N3/c1-5-17-40(18-6-1)46-33-47(41-19-7-2-8-20-41)35-48(34-46)61-56-27-15-13-25-50(56)52-36-44(29-31-58(52)61)45-30-32-59-53(37-45)51-26-14-16-28-57(51)62(59)49-38-54(42-21-9-3-10-22-42)60-55(39-49)43-23-11-4-12-24-43;1-3-14-34(15-4-1)39-32-45(36-17-5-2-6-18-36)52-51(33-39)54-48-24-12-10-22-42(48)44-31-38(27-29-50(44)54)37-26-28-49-43(30-37)41-21-9-11-23-47(41)53(49)46-25-13-19-35-16-7-8-20-40(35)46/h1-39H;1-33H. The number of nitrogens with zero attached hydrogens (tertiary/aromatic N) is 6. The Bertz CT molecular complexity index is 7310. The number of aromatic nitrogens is 6. The molecule has 6 heteroatoms. The fourth-order valence-electron chi connectivity index (χ4n) is 17.8. The molecule has 23 aromatic rings. The maximum absolute atomic E-state index is 5.32. The van der Waals surface area contributed by atoms with Crippen LogP contribution in [0.1, 0.15) is 0 Å². The van der Waals surface area contributed by atoms with Crippen molar-refractivity contribution in [1.82, 2.24) is 28.2 Å². The lowest BCUT2D eigenvalue weighted by molar-refractivity contribution is 1.08. The first-order valence-electron chi connectivity index (χ1n) is 39.7. The van der Waals surface area contributed by atoms with Crippen LogP contribution in [0, 0.1) is 0 Å². The summed E-state index contributed by atoms with van der Waals surface area (Å²) in [5.74, 6) is 0.900. The summed E-state index contributed by atoms with van der Waals surface area (Å²) in [5, 5.41) is 12.3. The Morgan fingerprint density at radius 2 is 0.440 bits per heavy atom. The van der Waals surface area contributed by atoms with Gasteiger partial charge in [-0.05, 0) is 182 Å². The topological polar surface area (TPSA) is 45.5 Å². The van der Waals surface area contributed by atoms with E-state index in [9.17, 15) is 0 Å². The summed E-state index contributed by atoms with van der Waals surface area (Å²) in [4.78, 5) is 10.5. The molecular weight excluding hydrogens is 1410 g/mol. The Morgan fingerprint density at radius 3 is 0.853 bits per heavy atom. The molecular formula is C110H72N6. The molecule has 116 heavy (non-hydrogen) atoms. The molecule has 0 spiro atoms. The van der Waals surface area contributed by atoms with Crippen molar-refractivity contribution in [3.8, 4) is 112 Å². The molecule has 0 aliphatic rings. The highest BCUT2D eigenvalue weighted by atomic mass is 15.1. The first-order chi connectivity index (χ1) is 57.5. The van der Waals surface area contributed by atoms with E-state index < -0.39 is 0 Å². The molecule has 6 nitrogen and oxygen atoms in total. The second-order valence-corrected chi connectivity index (χ2v) is 30.0. The zero-order valence-electron chi connectivity index (χ0n) is 63.3. The fraction of sp³-hybridized carbons (Fsp3) is 0. The minimum Gasteiger partial charge on any atom is -0.309 e. The van der Waals surface area contributed by atoms with Gasteiger partial charge in [-0.25, -0.2) is 9.97 Å². The molecule has 542 valence electrons. The summed E-state index contributed by atoms with van der Waals surface area (Å²) < 4.78 is 9.59. The zero-order valence-corrected chi connectivity index (χ0v) is 63.3. The quantitative estimate of drug-likeness (QED) is 0.122. The van der Waals surface area contributed by atoms with Crippen molar-refractivity contribution in [2.75, 3.05) is 0 Å². The average molecular weight is 1480 g/mol. The number of rotatable bonds is 12. The second kappa shape index (κ2) is 28.4. The smallest absolute Gasteiger partial charge is 0.138 e. The lowest BCUT2D eigenvalue weighted by atomic mass is 9.98. The number of para-hydroxylation sites is 4. The van der Waals surface area contributed by atoms with Gasteiger partial charge in [0.05, 0.1) is 72.6 Å². The molecule has 0 atom stereocenters. The summed E-state index contributed by atoms with van der Waals surface area (Å²) in [6.07, 6.45) is 0. The van der Waals surface area contributed by atoms with Crippen molar-refractivity contribution in [3.63, 3.8) is 0 Å². The summed E-state index contributed by atoms with van der Waals surface area (Å²) in [7, 11) is 0. The van der Waals surface area contributed by atoms with Gasteiger partial charge in [0.1, 0.15) is 5.82 Å². The Hall–Kier alpha value is -15.5. The molecule has 23 rings (SSSR count). The highest BCUT2D eigenvalue weighted by molar-refractivity contribution is 6.16. The van der Waals surface area contributed by atoms with Crippen molar-refractivity contribution in [2.45, 2.75) is 0 Å². The molecule has 0 fully saturated rings. The van der Waals surface area contributed by atoms with Gasteiger partial charge in [0.15, 0.2) is 0 Å². The Balaban J connectivity index is 0.000000142. The number of fused-ring (bicyclic) bond motifs is 13. The molecule has 0 N–H and O–H groups in total. The van der Waals surface area contributed by atoms with E-state index >= 15 is 0 Å². The van der Waals surface area contributed by atoms with Crippen LogP contribution in [0.5, 0.6) is 0 Å². The molecule has 0 radical (unpaired) electrons. The summed E-state index contributed by atoms with van der Waals surface area (Å²) >= 11 is 0. The SMILES string of the molecule is c1ccc(-c2cc(-c3ccccc3)cc(-n3c4ccccc4c4cc(-c5ccc6c(c5)c5ccccc5n6-c5cc(-c6ccccc6)nc(-c6ccccc6)c5)ccc43)c2)cc1.c1ccc(-c2cc(-c3ccccc3)nc(-n3c4ccccc4c4cc(-c5ccc6c(c5)c5ccccc5n6-c5cccc6ccccc56)ccc43)c2)cc1. The molecule has 6 aromatic heterocycles. The van der Waals surface area contributed by atoms with E-state index in [1.807, 2.05) is 0 Å². The van der Waals surface area contributed by atoms with Crippen LogP contribution in [0.15, 0.2) is 437 Å². The van der Waals surface area contributed by atoms with Crippen LogP contribution in [0.4, 0.5) is 0 Å². The maximum atomic E-state index is 5.32. The molecule has 0 unspecified atom stereocenters. The molecule has 0 aliphatic heterocycles. The van der Waals surface area contributed by atoms with Gasteiger partial charge in [0.2, 0.25) is 0 Å². The maximum Gasteiger partial charge on any atom is 0.138 e. The predicted molar refractivity (Wildman–Crippen MR) is 487 cm³/mol. The van der Waals surface area contributed by atoms with Crippen molar-refractivity contribution in [3.05, 3.63) is 437 Å². The van der Waals surface area contributed by atoms with Crippen molar-refractivity contribution >= 4 is 98.0 Å². The van der Waals surface area contributed by atoms with Gasteiger partial charge in [0, 0.05) is 70.9 Å². The van der Waals surface area contributed by atoms with Gasteiger partial charge < -0.3 is 13.7 Å². The van der Waals surface area contributed by atoms with Gasteiger partial charge in [-0.15, -0.1) is 0 Å². The van der Waals surface area contributed by atoms with Crippen LogP contribution < -0.4 is 0 Å². The minimum atomic E-state index is 0.900. The number of hydrogen-bond donors (Lipinski definition) is 0. The van der Waals surface area contributed by atoms with Crippen LogP contribution in [-0.2, 0) is 0 Å². The third kappa shape index (κ3) is 11.8. The van der Waals surface area contributed by atoms with Crippen LogP contribution >= 0.6 is 0 Å². The van der Waals surface area contributed by atoms with E-state index in [2.05, 4.69) is 455 Å². The van der Waals surface area contributed by atoms with Crippen LogP contribution in [0.25, 0.3) is 210 Å². The second-order valence-electron chi connectivity index (χ2n) is 30.0. The van der Waals surface area contributed by atoms with E-state index in [0.29, 0.717) is 0 Å². The number of hydrogen-bond acceptors (Lipinski definition) is 2. The monoisotopic (exact) mass is 1480 g/mol. The summed E-state index contributed by atoms with van der Waals surface area (Å²) in [5.41, 5.74) is 30.7. The molecule has 0 bridgehead atoms. The zero-order chi connectivity index (χ0) is 76.6. The van der Waals surface area contributed by atoms with Gasteiger partial charge in [-0.1, -0.05) is 315 Å². The molecule has 6 heterocycles. The highest BCUT2D eigenvalue weighted by Gasteiger charge is 2.23. The third-order valence-electron chi connectivity index (χ3n) is 23.2. The van der Waals surface area contributed by atoms with E-state index in [1.165, 1.54) is 132 Å². The molecule has 0 saturated carbocycles. The first-order valence-corrected chi connectivity index (χ1v) is 39.7. The molecule has 0 aliphatic carbocycles. The Kier molecular flexibility index (Phi) is 16.5. The summed E-state index contributed by atoms with van der Waals surface area (Å²) in [6, 6.07) is 157. The average Bonchev–Trinajstić information content (AvgIpc) is 1.62. The lowest BCUT2D eigenvalue weighted by Gasteiger charge is -2.14. The predicted octanol–water partition coefficient (Wildman–Crippen LogP) is 29.0. The minimum absolute atomic E-state index is 0.900. The first kappa shape index (κ1) is 67.4. The van der Waals surface area contributed by atoms with E-state index in [0.717, 1.165) is 78.6 Å². The largest absolute Gasteiger partial charge is 0.309 e. The Labute approximate surface area is 670 Å². The number of benzene rings is 17. The highest BCUT2D eigenvalue weighted by Crippen LogP contribution is 2.44. The molecule has 0 amide bonds. The Morgan fingerprint density at radius 1 is 0.147 bits per heavy atom. The third-order valence-corrected chi connectivity index (χ3v) is 23.2. The lowest BCUT2D eigenvalue weighted by Crippen LogP contribution is -2.00. The van der Waals surface area contributed by atoms with Crippen molar-refractivity contribution < 1.29 is 0 Å². The fourth-order valence-corrected chi connectivity index (χ4v) is 17.8. The number of pyridine rings is 2. The summed E-state index contributed by atoms with van der Waals surface area (Å²) in [6.45, 7) is 0. The van der Waals surface area contributed by atoms with Crippen LogP contribution in [0.3, 0.4) is 0 Å². The molecule has 17 aromatic carbocycles. The normalized spacial score (nSPS) is 11.6. The van der Waals surface area contributed by atoms with Gasteiger partial charge in [-0.3, -0.25) is 4.57 Å².